The molecule has 24 nitrogen and oxygen atoms in total. The smallest absolute Gasteiger partial charge is 0.269 e. The van der Waals surface area contributed by atoms with Crippen molar-refractivity contribution in [2.45, 2.75) is 123 Å². The molecule has 54 heavy (non-hydrogen) atoms. The molecule has 0 aromatic heterocycles. The van der Waals surface area contributed by atoms with Crippen LogP contribution in [0.2, 0.25) is 0 Å². The van der Waals surface area contributed by atoms with Crippen LogP contribution in [-0.4, -0.2) is 221 Å². The van der Waals surface area contributed by atoms with E-state index in [0.717, 1.165) is 12.1 Å². The molecule has 4 heterocycles. The summed E-state index contributed by atoms with van der Waals surface area (Å²) in [5.41, 5.74) is -0.251. The highest BCUT2D eigenvalue weighted by Gasteiger charge is 2.55. The lowest BCUT2D eigenvalue weighted by Gasteiger charge is -2.49. The standard InChI is InChI=1S/C30H45NO23/c32-5-11-15(36)16(37)20(41)28(48-11)52-25-13(7-34)50-30(22(43)18(25)39)54-26-14(8-35)51-29(23(44)19(26)40)53-24-12(6-33)49-27(21(42)17(24)38)47-10-3-1-9(2-4-10)31(45)46/h1-4,11-30,32-44H,5-8H2/t11-,12-,13-,14-,15-,16+,17-,18-,19-,20-,21-,22-,23-,24-,25-,26-,27-,28+,29+,30+/m1/s1. The third-order valence-electron chi connectivity index (χ3n) is 9.48. The van der Waals surface area contributed by atoms with E-state index in [2.05, 4.69) is 0 Å². The number of non-ortho nitro benzene ring substituents is 1. The van der Waals surface area contributed by atoms with Gasteiger partial charge in [0.2, 0.25) is 6.29 Å². The van der Waals surface area contributed by atoms with Crippen LogP contribution < -0.4 is 4.74 Å². The number of aliphatic hydroxyl groups excluding tert-OH is 13. The maximum atomic E-state index is 11.1. The van der Waals surface area contributed by atoms with Crippen molar-refractivity contribution in [2.24, 2.45) is 0 Å². The maximum absolute atomic E-state index is 11.1. The van der Waals surface area contributed by atoms with E-state index in [9.17, 15) is 76.5 Å². The van der Waals surface area contributed by atoms with Crippen molar-refractivity contribution in [1.82, 2.24) is 0 Å². The molecular formula is C30H45NO23. The second-order valence-corrected chi connectivity index (χ2v) is 13.0. The van der Waals surface area contributed by atoms with Gasteiger partial charge in [0.25, 0.3) is 5.69 Å². The molecule has 1 aromatic rings. The number of nitro groups is 1. The first-order chi connectivity index (χ1) is 25.6. The van der Waals surface area contributed by atoms with E-state index >= 15 is 0 Å². The number of ether oxygens (including phenoxy) is 8. The van der Waals surface area contributed by atoms with Gasteiger partial charge >= 0.3 is 0 Å². The van der Waals surface area contributed by atoms with Gasteiger partial charge in [-0.05, 0) is 12.1 Å². The molecule has 24 heteroatoms. The first-order valence-corrected chi connectivity index (χ1v) is 16.7. The lowest BCUT2D eigenvalue weighted by molar-refractivity contribution is -0.387. The van der Waals surface area contributed by atoms with Gasteiger partial charge in [0, 0.05) is 12.1 Å². The van der Waals surface area contributed by atoms with Gasteiger partial charge in [0.05, 0.1) is 31.4 Å². The van der Waals surface area contributed by atoms with E-state index < -0.39 is 154 Å². The van der Waals surface area contributed by atoms with Crippen LogP contribution in [0.1, 0.15) is 0 Å². The highest BCUT2D eigenvalue weighted by atomic mass is 16.8. The summed E-state index contributed by atoms with van der Waals surface area (Å²) in [5.74, 6) is 0.000590. The summed E-state index contributed by atoms with van der Waals surface area (Å²) >= 11 is 0. The zero-order valence-electron chi connectivity index (χ0n) is 28.0. The quantitative estimate of drug-likeness (QED) is 0.0652. The second kappa shape index (κ2) is 18.3. The molecule has 0 saturated carbocycles. The van der Waals surface area contributed by atoms with Crippen molar-refractivity contribution < 1.29 is 109 Å². The van der Waals surface area contributed by atoms with Gasteiger partial charge in [-0.25, -0.2) is 0 Å². The minimum atomic E-state index is -2.06. The molecule has 308 valence electrons. The van der Waals surface area contributed by atoms with E-state index in [1.165, 1.54) is 12.1 Å². The third-order valence-corrected chi connectivity index (χ3v) is 9.48. The van der Waals surface area contributed by atoms with E-state index in [1.807, 2.05) is 0 Å². The monoisotopic (exact) mass is 787 g/mol. The fourth-order valence-corrected chi connectivity index (χ4v) is 6.41. The van der Waals surface area contributed by atoms with Crippen LogP contribution in [-0.2, 0) is 33.2 Å². The Morgan fingerprint density at radius 2 is 0.815 bits per heavy atom. The number of rotatable bonds is 13. The van der Waals surface area contributed by atoms with Crippen molar-refractivity contribution >= 4 is 5.69 Å². The second-order valence-electron chi connectivity index (χ2n) is 13.0. The molecular weight excluding hydrogens is 742 g/mol. The minimum absolute atomic E-state index is 0.000590. The molecule has 5 rings (SSSR count). The first-order valence-electron chi connectivity index (χ1n) is 16.7. The van der Waals surface area contributed by atoms with Crippen LogP contribution in [0, 0.1) is 10.1 Å². The largest absolute Gasteiger partial charge is 0.462 e. The first kappa shape index (κ1) is 42.8. The molecule has 4 aliphatic rings. The number of hydrogen-bond acceptors (Lipinski definition) is 23. The fraction of sp³-hybridized carbons (Fsp3) is 0.800. The average molecular weight is 788 g/mol. The Hall–Kier alpha value is -2.38. The van der Waals surface area contributed by atoms with Gasteiger partial charge in [-0.1, -0.05) is 0 Å². The summed E-state index contributed by atoms with van der Waals surface area (Å²) < 4.78 is 44.2. The molecule has 0 aliphatic carbocycles. The van der Waals surface area contributed by atoms with E-state index in [-0.39, 0.29) is 11.4 Å². The van der Waals surface area contributed by atoms with Gasteiger partial charge in [0.15, 0.2) is 18.9 Å². The van der Waals surface area contributed by atoms with Crippen LogP contribution in [0.3, 0.4) is 0 Å². The van der Waals surface area contributed by atoms with Crippen molar-refractivity contribution in [3.05, 3.63) is 34.4 Å². The van der Waals surface area contributed by atoms with Crippen molar-refractivity contribution in [3.63, 3.8) is 0 Å². The molecule has 13 N–H and O–H groups in total. The number of benzene rings is 1. The van der Waals surface area contributed by atoms with E-state index in [4.69, 9.17) is 37.9 Å². The molecule has 4 saturated heterocycles. The Morgan fingerprint density at radius 1 is 0.481 bits per heavy atom. The molecule has 4 aliphatic heterocycles. The van der Waals surface area contributed by atoms with Gasteiger partial charge in [-0.3, -0.25) is 10.1 Å². The maximum Gasteiger partial charge on any atom is 0.269 e. The lowest BCUT2D eigenvalue weighted by Crippen LogP contribution is -2.67. The number of nitro benzene ring substituents is 1. The normalized spacial score (nSPS) is 45.9. The van der Waals surface area contributed by atoms with Gasteiger partial charge < -0.3 is 104 Å². The summed E-state index contributed by atoms with van der Waals surface area (Å²) in [6.07, 6.45) is -35.7. The van der Waals surface area contributed by atoms with Gasteiger partial charge in [-0.2, -0.15) is 0 Å². The van der Waals surface area contributed by atoms with Crippen LogP contribution in [0.5, 0.6) is 5.75 Å². The van der Waals surface area contributed by atoms with Crippen molar-refractivity contribution in [1.29, 1.82) is 0 Å². The highest BCUT2D eigenvalue weighted by molar-refractivity contribution is 5.36. The van der Waals surface area contributed by atoms with Crippen LogP contribution >= 0.6 is 0 Å². The average Bonchev–Trinajstić information content (AvgIpc) is 3.16. The van der Waals surface area contributed by atoms with E-state index in [0.29, 0.717) is 0 Å². The molecule has 0 spiro atoms. The highest BCUT2D eigenvalue weighted by Crippen LogP contribution is 2.34. The summed E-state index contributed by atoms with van der Waals surface area (Å²) in [4.78, 5) is 10.3. The molecule has 4 fully saturated rings. The Bertz CT molecular complexity index is 1340. The minimum Gasteiger partial charge on any atom is -0.462 e. The molecule has 20 atom stereocenters. The predicted octanol–water partition coefficient (Wildman–Crippen LogP) is -7.75. The summed E-state index contributed by atoms with van der Waals surface area (Å²) in [6.45, 7) is -3.50. The van der Waals surface area contributed by atoms with Crippen LogP contribution in [0.15, 0.2) is 24.3 Å². The van der Waals surface area contributed by atoms with E-state index in [1.54, 1.807) is 0 Å². The SMILES string of the molecule is O=[N+]([O-])c1ccc(O[C@@H]2O[C@H](CO)[C@@H](O[C@@H]3O[C@H](CO)[C@@H](O[C@@H]4O[C@H](CO)[C@@H](O[C@@H]5O[C@H](CO)[C@@H](O)[C@H](O)[C@H]5O)[C@H](O)[C@H]4O)[C@H](O)[C@H]3O)[C@H](O)[C@H]2O)cc1. The van der Waals surface area contributed by atoms with Crippen LogP contribution in [0.25, 0.3) is 0 Å². The Balaban J connectivity index is 1.22. The van der Waals surface area contributed by atoms with Crippen molar-refractivity contribution in [3.8, 4) is 5.75 Å². The molecule has 0 bridgehead atoms. The van der Waals surface area contributed by atoms with Crippen LogP contribution in [0.4, 0.5) is 5.69 Å². The summed E-state index contributed by atoms with van der Waals surface area (Å²) in [7, 11) is 0. The molecule has 1 aromatic carbocycles. The predicted molar refractivity (Wildman–Crippen MR) is 165 cm³/mol. The summed E-state index contributed by atoms with van der Waals surface area (Å²) in [5, 5.41) is 146. The lowest BCUT2D eigenvalue weighted by atomic mass is 9.95. The number of hydrogen-bond donors (Lipinski definition) is 13. The fourth-order valence-electron chi connectivity index (χ4n) is 6.41. The number of aliphatic hydroxyl groups is 13. The number of nitrogens with zero attached hydrogens (tertiary/aromatic N) is 1. The third kappa shape index (κ3) is 8.77. The topological polar surface area (TPSA) is 380 Å². The molecule has 0 unspecified atom stereocenters. The zero-order valence-corrected chi connectivity index (χ0v) is 28.0. The van der Waals surface area contributed by atoms with Gasteiger partial charge in [-0.15, -0.1) is 0 Å². The molecule has 0 radical (unpaired) electrons. The Morgan fingerprint density at radius 3 is 1.19 bits per heavy atom. The molecule has 0 amide bonds. The van der Waals surface area contributed by atoms with Gasteiger partial charge in [0.1, 0.15) is 103 Å². The Labute approximate surface area is 304 Å². The zero-order chi connectivity index (χ0) is 39.6. The van der Waals surface area contributed by atoms with Crippen molar-refractivity contribution in [2.75, 3.05) is 26.4 Å². The summed E-state index contributed by atoms with van der Waals surface area (Å²) in [6, 6.07) is 4.64. The Kier molecular flexibility index (Phi) is 14.5.